The predicted molar refractivity (Wildman–Crippen MR) is 128 cm³/mol. The van der Waals surface area contributed by atoms with Gasteiger partial charge in [0.2, 0.25) is 5.91 Å². The molecule has 1 unspecified atom stereocenters. The third-order valence-electron chi connectivity index (χ3n) is 5.53. The molecule has 0 saturated heterocycles. The van der Waals surface area contributed by atoms with E-state index in [2.05, 4.69) is 35.1 Å². The van der Waals surface area contributed by atoms with Crippen LogP contribution in [0.2, 0.25) is 0 Å². The minimum absolute atomic E-state index is 0.0946. The molecule has 7 heteroatoms. The lowest BCUT2D eigenvalue weighted by Crippen LogP contribution is -2.23. The second-order valence-electron chi connectivity index (χ2n) is 7.74. The fourth-order valence-corrected chi connectivity index (χ4v) is 6.42. The quantitative estimate of drug-likeness (QED) is 0.339. The van der Waals surface area contributed by atoms with Crippen molar-refractivity contribution in [3.8, 4) is 0 Å². The highest BCUT2D eigenvalue weighted by Gasteiger charge is 2.29. The van der Waals surface area contributed by atoms with Crippen molar-refractivity contribution in [3.63, 3.8) is 0 Å². The summed E-state index contributed by atoms with van der Waals surface area (Å²) in [6.45, 7) is 7.15. The summed E-state index contributed by atoms with van der Waals surface area (Å²) in [7, 11) is 0. The summed E-state index contributed by atoms with van der Waals surface area (Å²) in [5.41, 5.74) is 2.81. The molecule has 0 spiro atoms. The average molecular weight is 457 g/mol. The molecule has 0 aliphatic heterocycles. The number of thioether (sulfide) groups is 1. The Balaban J connectivity index is 1.54. The van der Waals surface area contributed by atoms with Crippen molar-refractivity contribution in [1.29, 1.82) is 0 Å². The number of esters is 1. The van der Waals surface area contributed by atoms with E-state index in [0.29, 0.717) is 17.2 Å². The van der Waals surface area contributed by atoms with Crippen molar-refractivity contribution in [2.24, 2.45) is 0 Å². The molecule has 4 rings (SSSR count). The van der Waals surface area contributed by atoms with Gasteiger partial charge in [0.05, 0.1) is 17.4 Å². The predicted octanol–water partition coefficient (Wildman–Crippen LogP) is 5.90. The van der Waals surface area contributed by atoms with Crippen LogP contribution >= 0.6 is 23.1 Å². The van der Waals surface area contributed by atoms with E-state index in [-0.39, 0.29) is 17.1 Å². The fourth-order valence-electron chi connectivity index (χ4n) is 4.10. The van der Waals surface area contributed by atoms with E-state index in [1.165, 1.54) is 27.1 Å². The highest BCUT2D eigenvalue weighted by atomic mass is 32.2. The van der Waals surface area contributed by atoms with Gasteiger partial charge in [-0.25, -0.2) is 4.79 Å². The first-order valence-electron chi connectivity index (χ1n) is 10.9. The van der Waals surface area contributed by atoms with Gasteiger partial charge in [0, 0.05) is 33.4 Å². The first-order chi connectivity index (χ1) is 15.0. The molecule has 0 bridgehead atoms. The fraction of sp³-hybridized carbons (Fsp3) is 0.417. The molecule has 2 heterocycles. The average Bonchev–Trinajstić information content (AvgIpc) is 3.42. The van der Waals surface area contributed by atoms with Crippen LogP contribution in [-0.2, 0) is 28.9 Å². The molecule has 0 radical (unpaired) electrons. The van der Waals surface area contributed by atoms with Gasteiger partial charge >= 0.3 is 5.97 Å². The summed E-state index contributed by atoms with van der Waals surface area (Å²) in [5.74, 6) is -0.428. The third kappa shape index (κ3) is 4.39. The highest BCUT2D eigenvalue weighted by Crippen LogP contribution is 2.40. The van der Waals surface area contributed by atoms with E-state index in [1.807, 2.05) is 19.1 Å². The van der Waals surface area contributed by atoms with Crippen molar-refractivity contribution in [1.82, 2.24) is 4.57 Å². The van der Waals surface area contributed by atoms with Crippen LogP contribution in [0.25, 0.3) is 10.9 Å². The van der Waals surface area contributed by atoms with Gasteiger partial charge in [-0.1, -0.05) is 25.1 Å². The molecule has 0 saturated carbocycles. The standard InChI is InChI=1S/C24H28N2O3S2/c1-4-13-26-14-20(16-9-6-7-11-18(16)26)30-15(3)22(27)25-23-21(24(28)29-5-2)17-10-8-12-19(17)31-23/h6-7,9,11,14-15H,4-5,8,10,12-13H2,1-3H3,(H,25,27). The number of carbonyl (C=O) groups is 2. The lowest BCUT2D eigenvalue weighted by Gasteiger charge is -2.12. The molecule has 31 heavy (non-hydrogen) atoms. The van der Waals surface area contributed by atoms with Crippen molar-refractivity contribution in [2.45, 2.75) is 63.1 Å². The Bertz CT molecular complexity index is 1120. The van der Waals surface area contributed by atoms with E-state index < -0.39 is 0 Å². The van der Waals surface area contributed by atoms with E-state index in [0.717, 1.165) is 42.7 Å². The Morgan fingerprint density at radius 3 is 2.84 bits per heavy atom. The van der Waals surface area contributed by atoms with Gasteiger partial charge in [0.15, 0.2) is 0 Å². The van der Waals surface area contributed by atoms with Gasteiger partial charge in [-0.15, -0.1) is 23.1 Å². The number of aryl methyl sites for hydroxylation is 2. The molecule has 1 amide bonds. The molecule has 164 valence electrons. The first kappa shape index (κ1) is 22.0. The molecular weight excluding hydrogens is 428 g/mol. The molecule has 3 aromatic rings. The summed E-state index contributed by atoms with van der Waals surface area (Å²) in [4.78, 5) is 27.9. The third-order valence-corrected chi connectivity index (χ3v) is 7.88. The highest BCUT2D eigenvalue weighted by molar-refractivity contribution is 8.00. The zero-order chi connectivity index (χ0) is 22.0. The number of anilines is 1. The smallest absolute Gasteiger partial charge is 0.341 e. The molecule has 1 aliphatic rings. The van der Waals surface area contributed by atoms with Crippen molar-refractivity contribution in [2.75, 3.05) is 11.9 Å². The van der Waals surface area contributed by atoms with E-state index in [1.54, 1.807) is 18.7 Å². The van der Waals surface area contributed by atoms with Crippen molar-refractivity contribution in [3.05, 3.63) is 46.5 Å². The number of amides is 1. The van der Waals surface area contributed by atoms with Gasteiger partial charge in [-0.05, 0) is 51.2 Å². The largest absolute Gasteiger partial charge is 0.462 e. The summed E-state index contributed by atoms with van der Waals surface area (Å²) >= 11 is 3.08. The van der Waals surface area contributed by atoms with Gasteiger partial charge in [0.25, 0.3) is 0 Å². The van der Waals surface area contributed by atoms with Crippen LogP contribution < -0.4 is 5.32 Å². The number of benzene rings is 1. The number of nitrogens with one attached hydrogen (secondary N) is 1. The van der Waals surface area contributed by atoms with Crippen LogP contribution in [0.3, 0.4) is 0 Å². The summed E-state index contributed by atoms with van der Waals surface area (Å²) in [5, 5.41) is 4.53. The molecule has 0 fully saturated rings. The lowest BCUT2D eigenvalue weighted by molar-refractivity contribution is -0.115. The topological polar surface area (TPSA) is 60.3 Å². The number of rotatable bonds is 8. The number of fused-ring (bicyclic) bond motifs is 2. The summed E-state index contributed by atoms with van der Waals surface area (Å²) in [6.07, 6.45) is 6.08. The van der Waals surface area contributed by atoms with Crippen molar-refractivity contribution < 1.29 is 14.3 Å². The van der Waals surface area contributed by atoms with Crippen LogP contribution in [0, 0.1) is 0 Å². The van der Waals surface area contributed by atoms with E-state index in [4.69, 9.17) is 4.74 Å². The maximum absolute atomic E-state index is 13.1. The second-order valence-corrected chi connectivity index (χ2v) is 10.2. The normalized spacial score (nSPS) is 13.9. The Labute approximate surface area is 191 Å². The maximum Gasteiger partial charge on any atom is 0.341 e. The summed E-state index contributed by atoms with van der Waals surface area (Å²) in [6, 6.07) is 8.31. The van der Waals surface area contributed by atoms with Gasteiger partial charge in [-0.2, -0.15) is 0 Å². The Morgan fingerprint density at radius 1 is 1.26 bits per heavy atom. The number of ether oxygens (including phenoxy) is 1. The SMILES string of the molecule is CCCn1cc(SC(C)C(=O)Nc2sc3c(c2C(=O)OCC)CCC3)c2ccccc21. The number of nitrogens with zero attached hydrogens (tertiary/aromatic N) is 1. The molecule has 5 nitrogen and oxygen atoms in total. The van der Waals surface area contributed by atoms with Crippen molar-refractivity contribution >= 4 is 50.9 Å². The minimum Gasteiger partial charge on any atom is -0.462 e. The van der Waals surface area contributed by atoms with Crippen LogP contribution in [0.1, 0.15) is 54.4 Å². The first-order valence-corrected chi connectivity index (χ1v) is 12.6. The van der Waals surface area contributed by atoms with Crippen LogP contribution in [0.4, 0.5) is 5.00 Å². The Kier molecular flexibility index (Phi) is 6.72. The second kappa shape index (κ2) is 9.49. The number of thiophene rings is 1. The molecule has 1 aliphatic carbocycles. The Hall–Kier alpha value is -2.25. The number of aromatic nitrogens is 1. The monoisotopic (exact) mass is 456 g/mol. The van der Waals surface area contributed by atoms with E-state index in [9.17, 15) is 9.59 Å². The minimum atomic E-state index is -0.333. The zero-order valence-electron chi connectivity index (χ0n) is 18.2. The molecule has 1 aromatic carbocycles. The number of hydrogen-bond donors (Lipinski definition) is 1. The number of carbonyl (C=O) groups excluding carboxylic acids is 2. The zero-order valence-corrected chi connectivity index (χ0v) is 19.8. The number of hydrogen-bond acceptors (Lipinski definition) is 5. The summed E-state index contributed by atoms with van der Waals surface area (Å²) < 4.78 is 7.53. The lowest BCUT2D eigenvalue weighted by atomic mass is 10.1. The van der Waals surface area contributed by atoms with Crippen LogP contribution in [0.5, 0.6) is 0 Å². The number of para-hydroxylation sites is 1. The molecular formula is C24H28N2O3S2. The molecule has 2 aromatic heterocycles. The van der Waals surface area contributed by atoms with Crippen LogP contribution in [0.15, 0.2) is 35.4 Å². The molecule has 1 atom stereocenters. The van der Waals surface area contributed by atoms with E-state index >= 15 is 0 Å². The Morgan fingerprint density at radius 2 is 2.06 bits per heavy atom. The maximum atomic E-state index is 13.1. The molecule has 1 N–H and O–H groups in total. The van der Waals surface area contributed by atoms with Gasteiger partial charge < -0.3 is 14.6 Å². The van der Waals surface area contributed by atoms with Gasteiger partial charge in [0.1, 0.15) is 5.00 Å². The van der Waals surface area contributed by atoms with Crippen LogP contribution in [-0.4, -0.2) is 28.3 Å². The van der Waals surface area contributed by atoms with Gasteiger partial charge in [-0.3, -0.25) is 4.79 Å².